The van der Waals surface area contributed by atoms with Gasteiger partial charge in [0.1, 0.15) is 0 Å². The van der Waals surface area contributed by atoms with Crippen molar-refractivity contribution in [3.8, 4) is 0 Å². The summed E-state index contributed by atoms with van der Waals surface area (Å²) in [6, 6.07) is 13.7. The Balaban J connectivity index is 2.13. The van der Waals surface area contributed by atoms with Gasteiger partial charge in [-0.2, -0.15) is 0 Å². The molecular formula is C14H12N2O2. The van der Waals surface area contributed by atoms with E-state index < -0.39 is 5.97 Å². The van der Waals surface area contributed by atoms with E-state index in [0.717, 1.165) is 11.3 Å². The maximum Gasteiger partial charge on any atom is 0.335 e. The zero-order chi connectivity index (χ0) is 13.0. The van der Waals surface area contributed by atoms with Crippen molar-refractivity contribution >= 4 is 23.6 Å². The Morgan fingerprint density at radius 2 is 1.67 bits per heavy atom. The Bertz CT molecular complexity index is 572. The second kappa shape index (κ2) is 5.14. The molecule has 4 nitrogen and oxygen atoms in total. The zero-order valence-electron chi connectivity index (χ0n) is 9.58. The standard InChI is InChI=1S/C14H12N2O2/c15-12-5-7-13(8-6-12)16-9-10-1-3-11(4-2-10)14(17)18/h1-9H,15H2,(H,17,18)/b16-9+. The fraction of sp³-hybridized carbons (Fsp3) is 0. The number of hydrogen-bond acceptors (Lipinski definition) is 3. The highest BCUT2D eigenvalue weighted by molar-refractivity contribution is 5.89. The molecule has 0 aromatic heterocycles. The summed E-state index contributed by atoms with van der Waals surface area (Å²) >= 11 is 0. The van der Waals surface area contributed by atoms with Crippen molar-refractivity contribution in [1.82, 2.24) is 0 Å². The molecule has 0 fully saturated rings. The Labute approximate surface area is 104 Å². The van der Waals surface area contributed by atoms with E-state index in [1.165, 1.54) is 0 Å². The molecule has 0 unspecified atom stereocenters. The summed E-state index contributed by atoms with van der Waals surface area (Å²) in [5, 5.41) is 8.76. The minimum Gasteiger partial charge on any atom is -0.478 e. The van der Waals surface area contributed by atoms with Crippen LogP contribution in [0.1, 0.15) is 15.9 Å². The van der Waals surface area contributed by atoms with Crippen LogP contribution in [0.3, 0.4) is 0 Å². The van der Waals surface area contributed by atoms with Gasteiger partial charge in [0, 0.05) is 11.9 Å². The van der Waals surface area contributed by atoms with E-state index in [1.54, 1.807) is 42.6 Å². The maximum absolute atomic E-state index is 10.7. The van der Waals surface area contributed by atoms with Gasteiger partial charge in [-0.1, -0.05) is 12.1 Å². The lowest BCUT2D eigenvalue weighted by molar-refractivity contribution is 0.0697. The average Bonchev–Trinajstić information content (AvgIpc) is 2.38. The zero-order valence-corrected chi connectivity index (χ0v) is 9.58. The predicted octanol–water partition coefficient (Wildman–Crippen LogP) is 2.72. The quantitative estimate of drug-likeness (QED) is 0.639. The second-order valence-electron chi connectivity index (χ2n) is 3.78. The van der Waals surface area contributed by atoms with E-state index >= 15 is 0 Å². The Kier molecular flexibility index (Phi) is 3.38. The number of carboxylic acids is 1. The molecule has 0 bridgehead atoms. The number of aromatic carboxylic acids is 1. The van der Waals surface area contributed by atoms with Gasteiger partial charge >= 0.3 is 5.97 Å². The number of anilines is 1. The van der Waals surface area contributed by atoms with Crippen LogP contribution in [0.25, 0.3) is 0 Å². The summed E-state index contributed by atoms with van der Waals surface area (Å²) in [6.45, 7) is 0. The van der Waals surface area contributed by atoms with Gasteiger partial charge in [-0.15, -0.1) is 0 Å². The number of nitrogens with two attached hydrogens (primary N) is 1. The van der Waals surface area contributed by atoms with Crippen LogP contribution in [0.15, 0.2) is 53.5 Å². The van der Waals surface area contributed by atoms with Crippen molar-refractivity contribution in [2.75, 3.05) is 5.73 Å². The molecule has 0 aliphatic carbocycles. The molecule has 4 heteroatoms. The molecule has 0 spiro atoms. The number of nitrogens with zero attached hydrogens (tertiary/aromatic N) is 1. The molecule has 0 radical (unpaired) electrons. The number of carboxylic acid groups (broad SMARTS) is 1. The predicted molar refractivity (Wildman–Crippen MR) is 71.5 cm³/mol. The molecule has 0 heterocycles. The number of rotatable bonds is 3. The van der Waals surface area contributed by atoms with E-state index in [4.69, 9.17) is 10.8 Å². The lowest BCUT2D eigenvalue weighted by atomic mass is 10.1. The molecule has 0 saturated carbocycles. The van der Waals surface area contributed by atoms with Crippen molar-refractivity contribution in [2.45, 2.75) is 0 Å². The fourth-order valence-electron chi connectivity index (χ4n) is 1.42. The van der Waals surface area contributed by atoms with Crippen molar-refractivity contribution in [3.05, 3.63) is 59.7 Å². The SMILES string of the molecule is Nc1ccc(/N=C/c2ccc(C(=O)O)cc2)cc1. The highest BCUT2D eigenvalue weighted by Crippen LogP contribution is 2.14. The summed E-state index contributed by atoms with van der Waals surface area (Å²) in [4.78, 5) is 14.9. The maximum atomic E-state index is 10.7. The molecule has 0 aliphatic rings. The van der Waals surface area contributed by atoms with Crippen LogP contribution in [0.2, 0.25) is 0 Å². The van der Waals surface area contributed by atoms with Crippen LogP contribution in [0, 0.1) is 0 Å². The second-order valence-corrected chi connectivity index (χ2v) is 3.78. The van der Waals surface area contributed by atoms with Gasteiger partial charge in [0.05, 0.1) is 11.3 Å². The monoisotopic (exact) mass is 240 g/mol. The largest absolute Gasteiger partial charge is 0.478 e. The molecule has 3 N–H and O–H groups in total. The van der Waals surface area contributed by atoms with Crippen LogP contribution < -0.4 is 5.73 Å². The lowest BCUT2D eigenvalue weighted by Crippen LogP contribution is -1.95. The minimum atomic E-state index is -0.933. The minimum absolute atomic E-state index is 0.264. The van der Waals surface area contributed by atoms with Crippen molar-refractivity contribution in [3.63, 3.8) is 0 Å². The third-order valence-electron chi connectivity index (χ3n) is 2.41. The molecule has 0 atom stereocenters. The molecule has 2 aromatic rings. The van der Waals surface area contributed by atoms with E-state index in [0.29, 0.717) is 5.69 Å². The molecule has 0 amide bonds. The van der Waals surface area contributed by atoms with Gasteiger partial charge in [-0.05, 0) is 42.0 Å². The molecular weight excluding hydrogens is 228 g/mol. The molecule has 18 heavy (non-hydrogen) atoms. The average molecular weight is 240 g/mol. The number of aliphatic imine (C=N–C) groups is 1. The van der Waals surface area contributed by atoms with Crippen molar-refractivity contribution in [1.29, 1.82) is 0 Å². The van der Waals surface area contributed by atoms with Crippen molar-refractivity contribution in [2.24, 2.45) is 4.99 Å². The van der Waals surface area contributed by atoms with Crippen LogP contribution in [0.5, 0.6) is 0 Å². The molecule has 0 aliphatic heterocycles. The molecule has 0 saturated heterocycles. The van der Waals surface area contributed by atoms with Gasteiger partial charge in [0.25, 0.3) is 0 Å². The Morgan fingerprint density at radius 3 is 2.22 bits per heavy atom. The fourth-order valence-corrected chi connectivity index (χ4v) is 1.42. The van der Waals surface area contributed by atoms with E-state index in [-0.39, 0.29) is 5.56 Å². The van der Waals surface area contributed by atoms with Crippen LogP contribution in [0.4, 0.5) is 11.4 Å². The Morgan fingerprint density at radius 1 is 1.06 bits per heavy atom. The molecule has 2 rings (SSSR count). The topological polar surface area (TPSA) is 75.7 Å². The van der Waals surface area contributed by atoms with Gasteiger partial charge in [0.2, 0.25) is 0 Å². The Hall–Kier alpha value is -2.62. The molecule has 2 aromatic carbocycles. The third kappa shape index (κ3) is 2.95. The van der Waals surface area contributed by atoms with E-state index in [1.807, 2.05) is 12.1 Å². The first-order chi connectivity index (χ1) is 8.65. The first-order valence-electron chi connectivity index (χ1n) is 5.38. The van der Waals surface area contributed by atoms with Crippen LogP contribution in [-0.2, 0) is 0 Å². The summed E-state index contributed by atoms with van der Waals surface area (Å²) < 4.78 is 0. The molecule has 90 valence electrons. The summed E-state index contributed by atoms with van der Waals surface area (Å²) in [5.74, 6) is -0.933. The number of carbonyl (C=O) groups is 1. The highest BCUT2D eigenvalue weighted by atomic mass is 16.4. The van der Waals surface area contributed by atoms with E-state index in [2.05, 4.69) is 4.99 Å². The van der Waals surface area contributed by atoms with Gasteiger partial charge in [0.15, 0.2) is 0 Å². The normalized spacial score (nSPS) is 10.7. The van der Waals surface area contributed by atoms with Crippen LogP contribution >= 0.6 is 0 Å². The first-order valence-corrected chi connectivity index (χ1v) is 5.38. The van der Waals surface area contributed by atoms with E-state index in [9.17, 15) is 4.79 Å². The highest BCUT2D eigenvalue weighted by Gasteiger charge is 2.00. The lowest BCUT2D eigenvalue weighted by Gasteiger charge is -1.97. The number of benzene rings is 2. The number of hydrogen-bond donors (Lipinski definition) is 2. The summed E-state index contributed by atoms with van der Waals surface area (Å²) in [7, 11) is 0. The number of nitrogen functional groups attached to an aromatic ring is 1. The van der Waals surface area contributed by atoms with Crippen LogP contribution in [-0.4, -0.2) is 17.3 Å². The summed E-state index contributed by atoms with van der Waals surface area (Å²) in [5.41, 5.74) is 8.17. The summed E-state index contributed by atoms with van der Waals surface area (Å²) in [6.07, 6.45) is 1.68. The first kappa shape index (κ1) is 11.9. The van der Waals surface area contributed by atoms with Crippen molar-refractivity contribution < 1.29 is 9.90 Å². The van der Waals surface area contributed by atoms with Gasteiger partial charge in [-0.25, -0.2) is 4.79 Å². The van der Waals surface area contributed by atoms with Gasteiger partial charge < -0.3 is 10.8 Å². The third-order valence-corrected chi connectivity index (χ3v) is 2.41. The smallest absolute Gasteiger partial charge is 0.335 e. The van der Waals surface area contributed by atoms with Gasteiger partial charge in [-0.3, -0.25) is 4.99 Å².